The third-order valence-electron chi connectivity index (χ3n) is 4.25. The SMILES string of the molecule is CC1Cc2cc3c(c(CO)c2C1)CC(C)C3. The van der Waals surface area contributed by atoms with Crippen molar-refractivity contribution in [2.24, 2.45) is 11.8 Å². The second kappa shape index (κ2) is 3.59. The van der Waals surface area contributed by atoms with Gasteiger partial charge in [0.1, 0.15) is 0 Å². The van der Waals surface area contributed by atoms with Gasteiger partial charge in [-0.25, -0.2) is 0 Å². The van der Waals surface area contributed by atoms with Gasteiger partial charge in [0.2, 0.25) is 0 Å². The maximum atomic E-state index is 9.64. The van der Waals surface area contributed by atoms with Gasteiger partial charge in [0.05, 0.1) is 6.61 Å². The quantitative estimate of drug-likeness (QED) is 0.765. The number of fused-ring (bicyclic) bond motifs is 2. The Labute approximate surface area is 97.5 Å². The van der Waals surface area contributed by atoms with Crippen LogP contribution in [0.5, 0.6) is 0 Å². The Balaban J connectivity index is 2.15. The zero-order chi connectivity index (χ0) is 11.3. The van der Waals surface area contributed by atoms with Crippen LogP contribution in [0.2, 0.25) is 0 Å². The molecule has 1 aromatic carbocycles. The summed E-state index contributed by atoms with van der Waals surface area (Å²) in [6, 6.07) is 2.43. The van der Waals surface area contributed by atoms with E-state index in [9.17, 15) is 5.11 Å². The minimum absolute atomic E-state index is 0.241. The van der Waals surface area contributed by atoms with Gasteiger partial charge in [-0.05, 0) is 65.3 Å². The van der Waals surface area contributed by atoms with E-state index in [0.29, 0.717) is 0 Å². The molecule has 0 saturated heterocycles. The highest BCUT2D eigenvalue weighted by Gasteiger charge is 2.28. The molecule has 0 radical (unpaired) electrons. The number of benzene rings is 1. The molecule has 0 fully saturated rings. The van der Waals surface area contributed by atoms with Gasteiger partial charge >= 0.3 is 0 Å². The van der Waals surface area contributed by atoms with Crippen LogP contribution in [0.3, 0.4) is 0 Å². The van der Waals surface area contributed by atoms with E-state index >= 15 is 0 Å². The van der Waals surface area contributed by atoms with E-state index in [1.165, 1.54) is 53.5 Å². The molecule has 0 bridgehead atoms. The second-order valence-corrected chi connectivity index (χ2v) is 5.82. The lowest BCUT2D eigenvalue weighted by Gasteiger charge is -2.12. The molecule has 3 rings (SSSR count). The van der Waals surface area contributed by atoms with Crippen LogP contribution in [0.25, 0.3) is 0 Å². The Kier molecular flexibility index (Phi) is 2.32. The summed E-state index contributed by atoms with van der Waals surface area (Å²) in [5.74, 6) is 1.53. The molecule has 1 aromatic rings. The monoisotopic (exact) mass is 216 g/mol. The molecule has 1 heteroatoms. The molecule has 0 aliphatic heterocycles. The molecule has 2 aliphatic rings. The lowest BCUT2D eigenvalue weighted by Crippen LogP contribution is -2.01. The lowest BCUT2D eigenvalue weighted by molar-refractivity contribution is 0.279. The van der Waals surface area contributed by atoms with E-state index < -0.39 is 0 Å². The standard InChI is InChI=1S/C15H20O/c1-9-3-11-7-12-4-10(2)6-14(12)15(8-16)13(11)5-9/h7,9-10,16H,3-6,8H2,1-2H3. The zero-order valence-corrected chi connectivity index (χ0v) is 10.2. The van der Waals surface area contributed by atoms with Crippen LogP contribution in [-0.2, 0) is 32.3 Å². The Bertz CT molecular complexity index is 397. The van der Waals surface area contributed by atoms with Crippen LogP contribution in [0.15, 0.2) is 6.07 Å². The zero-order valence-electron chi connectivity index (χ0n) is 10.2. The Morgan fingerprint density at radius 3 is 1.94 bits per heavy atom. The molecule has 0 saturated carbocycles. The Hall–Kier alpha value is -0.820. The third-order valence-corrected chi connectivity index (χ3v) is 4.25. The molecule has 1 N–H and O–H groups in total. The first-order chi connectivity index (χ1) is 7.69. The fourth-order valence-electron chi connectivity index (χ4n) is 3.61. The van der Waals surface area contributed by atoms with Crippen LogP contribution in [-0.4, -0.2) is 5.11 Å². The highest BCUT2D eigenvalue weighted by Crippen LogP contribution is 2.38. The molecule has 1 nitrogen and oxygen atoms in total. The van der Waals surface area contributed by atoms with Crippen molar-refractivity contribution in [1.82, 2.24) is 0 Å². The topological polar surface area (TPSA) is 20.2 Å². The third kappa shape index (κ3) is 1.41. The van der Waals surface area contributed by atoms with Gasteiger partial charge in [-0.15, -0.1) is 0 Å². The molecular weight excluding hydrogens is 196 g/mol. The minimum Gasteiger partial charge on any atom is -0.392 e. The van der Waals surface area contributed by atoms with E-state index in [-0.39, 0.29) is 6.61 Å². The summed E-state index contributed by atoms with van der Waals surface area (Å²) in [5, 5.41) is 9.64. The normalized spacial score (nSPS) is 26.9. The predicted molar refractivity (Wildman–Crippen MR) is 65.5 cm³/mol. The van der Waals surface area contributed by atoms with Crippen molar-refractivity contribution in [1.29, 1.82) is 0 Å². The van der Waals surface area contributed by atoms with E-state index in [1.54, 1.807) is 0 Å². The van der Waals surface area contributed by atoms with Gasteiger partial charge < -0.3 is 5.11 Å². The summed E-state index contributed by atoms with van der Waals surface area (Å²) < 4.78 is 0. The van der Waals surface area contributed by atoms with E-state index in [4.69, 9.17) is 0 Å². The summed E-state index contributed by atoms with van der Waals surface area (Å²) in [6.07, 6.45) is 4.77. The fourth-order valence-corrected chi connectivity index (χ4v) is 3.61. The molecule has 2 aliphatic carbocycles. The lowest BCUT2D eigenvalue weighted by atomic mass is 9.94. The fraction of sp³-hybridized carbons (Fsp3) is 0.600. The summed E-state index contributed by atoms with van der Waals surface area (Å²) in [7, 11) is 0. The van der Waals surface area contributed by atoms with Gasteiger partial charge in [-0.3, -0.25) is 0 Å². The highest BCUT2D eigenvalue weighted by atomic mass is 16.3. The van der Waals surface area contributed by atoms with E-state index in [2.05, 4.69) is 19.9 Å². The van der Waals surface area contributed by atoms with Crippen molar-refractivity contribution in [3.8, 4) is 0 Å². The molecule has 2 unspecified atom stereocenters. The maximum Gasteiger partial charge on any atom is 0.0687 e. The average molecular weight is 216 g/mol. The molecule has 0 spiro atoms. The molecule has 0 heterocycles. The van der Waals surface area contributed by atoms with Crippen LogP contribution in [0.4, 0.5) is 0 Å². The van der Waals surface area contributed by atoms with E-state index in [0.717, 1.165) is 11.8 Å². The van der Waals surface area contributed by atoms with Crippen LogP contribution in [0.1, 0.15) is 41.7 Å². The number of rotatable bonds is 1. The number of hydrogen-bond donors (Lipinski definition) is 1. The predicted octanol–water partition coefficient (Wildman–Crippen LogP) is 2.65. The van der Waals surface area contributed by atoms with Crippen molar-refractivity contribution in [2.75, 3.05) is 0 Å². The summed E-state index contributed by atoms with van der Waals surface area (Å²) in [4.78, 5) is 0. The maximum absolute atomic E-state index is 9.64. The first-order valence-electron chi connectivity index (χ1n) is 6.45. The van der Waals surface area contributed by atoms with Crippen molar-refractivity contribution in [2.45, 2.75) is 46.1 Å². The smallest absolute Gasteiger partial charge is 0.0687 e. The summed E-state index contributed by atoms with van der Waals surface area (Å²) >= 11 is 0. The second-order valence-electron chi connectivity index (χ2n) is 5.82. The van der Waals surface area contributed by atoms with Crippen molar-refractivity contribution in [3.63, 3.8) is 0 Å². The van der Waals surface area contributed by atoms with Gasteiger partial charge in [0.25, 0.3) is 0 Å². The highest BCUT2D eigenvalue weighted by molar-refractivity contribution is 5.50. The first-order valence-corrected chi connectivity index (χ1v) is 6.45. The van der Waals surface area contributed by atoms with Gasteiger partial charge in [0, 0.05) is 0 Å². The molecule has 0 aromatic heterocycles. The molecule has 86 valence electrons. The van der Waals surface area contributed by atoms with Crippen LogP contribution in [0, 0.1) is 11.8 Å². The minimum atomic E-state index is 0.241. The Morgan fingerprint density at radius 2 is 1.50 bits per heavy atom. The summed E-state index contributed by atoms with van der Waals surface area (Å²) in [5.41, 5.74) is 7.26. The van der Waals surface area contributed by atoms with Crippen LogP contribution < -0.4 is 0 Å². The number of aliphatic hydroxyl groups is 1. The van der Waals surface area contributed by atoms with Crippen molar-refractivity contribution < 1.29 is 5.11 Å². The van der Waals surface area contributed by atoms with Gasteiger partial charge in [-0.2, -0.15) is 0 Å². The van der Waals surface area contributed by atoms with Crippen molar-refractivity contribution >= 4 is 0 Å². The molecular formula is C15H20O. The molecule has 0 amide bonds. The van der Waals surface area contributed by atoms with E-state index in [1.807, 2.05) is 0 Å². The van der Waals surface area contributed by atoms with Gasteiger partial charge in [0.15, 0.2) is 0 Å². The summed E-state index contributed by atoms with van der Waals surface area (Å²) in [6.45, 7) is 4.87. The number of aliphatic hydroxyl groups excluding tert-OH is 1. The van der Waals surface area contributed by atoms with Crippen LogP contribution >= 0.6 is 0 Å². The average Bonchev–Trinajstić information content (AvgIpc) is 2.74. The largest absolute Gasteiger partial charge is 0.392 e. The molecule has 2 atom stereocenters. The van der Waals surface area contributed by atoms with Crippen molar-refractivity contribution in [3.05, 3.63) is 33.9 Å². The van der Waals surface area contributed by atoms with Gasteiger partial charge in [-0.1, -0.05) is 19.9 Å². The first kappa shape index (κ1) is 10.3. The number of hydrogen-bond acceptors (Lipinski definition) is 1. The molecule has 16 heavy (non-hydrogen) atoms. The Morgan fingerprint density at radius 1 is 1.00 bits per heavy atom.